The van der Waals surface area contributed by atoms with E-state index in [-0.39, 0.29) is 11.3 Å². The van der Waals surface area contributed by atoms with E-state index < -0.39 is 0 Å². The van der Waals surface area contributed by atoms with Gasteiger partial charge in [-0.2, -0.15) is 0 Å². The fraction of sp³-hybridized carbons (Fsp3) is 0.364. The van der Waals surface area contributed by atoms with Gasteiger partial charge < -0.3 is 9.88 Å². The monoisotopic (exact) mass is 349 g/mol. The van der Waals surface area contributed by atoms with E-state index >= 15 is 0 Å². The number of anilines is 1. The fourth-order valence-electron chi connectivity index (χ4n) is 3.16. The zero-order valence-corrected chi connectivity index (χ0v) is 16.3. The van der Waals surface area contributed by atoms with Gasteiger partial charge in [0.25, 0.3) is 0 Å². The van der Waals surface area contributed by atoms with Gasteiger partial charge in [0, 0.05) is 18.7 Å². The van der Waals surface area contributed by atoms with Crippen LogP contribution in [0.2, 0.25) is 0 Å². The van der Waals surface area contributed by atoms with Crippen molar-refractivity contribution in [2.75, 3.05) is 5.32 Å². The van der Waals surface area contributed by atoms with E-state index in [4.69, 9.17) is 4.98 Å². The first-order valence-corrected chi connectivity index (χ1v) is 9.04. The molecule has 2 aromatic heterocycles. The average molecular weight is 349 g/mol. The number of fused-ring (bicyclic) bond motifs is 1. The summed E-state index contributed by atoms with van der Waals surface area (Å²) in [6.07, 6.45) is 0.472. The predicted molar refractivity (Wildman–Crippen MR) is 107 cm³/mol. The standard InChI is InChI=1S/C22H27N3O/c1-15-11-19-18(23-21(15)24-20(26)13-22(3,4)5)12-16(2)25(19)14-17-9-7-6-8-10-17/h6-12H,13-14H2,1-5H3,(H,23,24,26). The second kappa shape index (κ2) is 6.94. The minimum absolute atomic E-state index is 0.00731. The Morgan fingerprint density at radius 3 is 2.46 bits per heavy atom. The summed E-state index contributed by atoms with van der Waals surface area (Å²) in [5, 5.41) is 2.98. The van der Waals surface area contributed by atoms with E-state index in [0.717, 1.165) is 28.8 Å². The summed E-state index contributed by atoms with van der Waals surface area (Å²) in [5.41, 5.74) is 5.36. The van der Waals surface area contributed by atoms with Crippen LogP contribution in [0.15, 0.2) is 42.5 Å². The molecular formula is C22H27N3O. The zero-order valence-electron chi connectivity index (χ0n) is 16.3. The average Bonchev–Trinajstić information content (AvgIpc) is 2.82. The molecular weight excluding hydrogens is 322 g/mol. The van der Waals surface area contributed by atoms with Gasteiger partial charge in [-0.1, -0.05) is 51.1 Å². The van der Waals surface area contributed by atoms with Crippen LogP contribution in [-0.4, -0.2) is 15.5 Å². The largest absolute Gasteiger partial charge is 0.339 e. The Balaban J connectivity index is 1.91. The summed E-state index contributed by atoms with van der Waals surface area (Å²) in [6.45, 7) is 11.1. The number of benzene rings is 1. The molecule has 2 heterocycles. The Morgan fingerprint density at radius 2 is 1.81 bits per heavy atom. The highest BCUT2D eigenvalue weighted by Crippen LogP contribution is 2.25. The highest BCUT2D eigenvalue weighted by atomic mass is 16.1. The van der Waals surface area contributed by atoms with Crippen molar-refractivity contribution in [3.8, 4) is 0 Å². The highest BCUT2D eigenvalue weighted by molar-refractivity contribution is 5.92. The molecule has 26 heavy (non-hydrogen) atoms. The van der Waals surface area contributed by atoms with E-state index in [2.05, 4.69) is 74.0 Å². The Labute approximate surface area is 155 Å². The number of aromatic nitrogens is 2. The minimum atomic E-state index is -0.0440. The maximum Gasteiger partial charge on any atom is 0.226 e. The summed E-state index contributed by atoms with van der Waals surface area (Å²) in [6, 6.07) is 14.6. The molecule has 3 rings (SSSR count). The van der Waals surface area contributed by atoms with Crippen LogP contribution in [0.5, 0.6) is 0 Å². The Bertz CT molecular complexity index is 933. The van der Waals surface area contributed by atoms with Crippen LogP contribution in [0, 0.1) is 19.3 Å². The number of nitrogens with one attached hydrogen (secondary N) is 1. The summed E-state index contributed by atoms with van der Waals surface area (Å²) in [4.78, 5) is 17.0. The maximum atomic E-state index is 12.3. The van der Waals surface area contributed by atoms with Gasteiger partial charge in [0.05, 0.1) is 11.0 Å². The number of carbonyl (C=O) groups is 1. The molecule has 0 bridgehead atoms. The predicted octanol–water partition coefficient (Wildman–Crippen LogP) is 5.08. The molecule has 136 valence electrons. The van der Waals surface area contributed by atoms with E-state index in [0.29, 0.717) is 12.2 Å². The number of hydrogen-bond donors (Lipinski definition) is 1. The topological polar surface area (TPSA) is 46.9 Å². The highest BCUT2D eigenvalue weighted by Gasteiger charge is 2.18. The van der Waals surface area contributed by atoms with Gasteiger partial charge in [0.2, 0.25) is 5.91 Å². The molecule has 0 radical (unpaired) electrons. The number of rotatable bonds is 4. The molecule has 4 nitrogen and oxygen atoms in total. The number of hydrogen-bond acceptors (Lipinski definition) is 2. The van der Waals surface area contributed by atoms with Gasteiger partial charge in [-0.25, -0.2) is 4.98 Å². The lowest BCUT2D eigenvalue weighted by Crippen LogP contribution is -2.20. The van der Waals surface area contributed by atoms with Gasteiger partial charge in [-0.15, -0.1) is 0 Å². The zero-order chi connectivity index (χ0) is 18.9. The van der Waals surface area contributed by atoms with Crippen LogP contribution in [-0.2, 0) is 11.3 Å². The van der Waals surface area contributed by atoms with Crippen molar-refractivity contribution in [1.82, 2.24) is 9.55 Å². The lowest BCUT2D eigenvalue weighted by molar-refractivity contribution is -0.117. The van der Waals surface area contributed by atoms with Crippen molar-refractivity contribution >= 4 is 22.8 Å². The van der Waals surface area contributed by atoms with E-state index in [1.54, 1.807) is 0 Å². The second-order valence-corrected chi connectivity index (χ2v) is 8.20. The van der Waals surface area contributed by atoms with Crippen LogP contribution < -0.4 is 5.32 Å². The van der Waals surface area contributed by atoms with Crippen molar-refractivity contribution in [2.24, 2.45) is 5.41 Å². The first-order chi connectivity index (χ1) is 12.2. The number of pyridine rings is 1. The number of amides is 1. The van der Waals surface area contributed by atoms with E-state index in [1.165, 1.54) is 5.56 Å². The third kappa shape index (κ3) is 4.13. The third-order valence-electron chi connectivity index (χ3n) is 4.42. The molecule has 1 amide bonds. The SMILES string of the molecule is Cc1cc2c(cc(C)n2Cc2ccccc2)nc1NC(=O)CC(C)(C)C. The molecule has 0 atom stereocenters. The van der Waals surface area contributed by atoms with Crippen molar-refractivity contribution in [3.63, 3.8) is 0 Å². The fourth-order valence-corrected chi connectivity index (χ4v) is 3.16. The summed E-state index contributed by atoms with van der Waals surface area (Å²) in [7, 11) is 0. The van der Waals surface area contributed by atoms with Gasteiger partial charge in [-0.05, 0) is 42.5 Å². The van der Waals surface area contributed by atoms with Gasteiger partial charge in [-0.3, -0.25) is 4.79 Å². The molecule has 1 N–H and O–H groups in total. The molecule has 0 spiro atoms. The minimum Gasteiger partial charge on any atom is -0.339 e. The molecule has 0 saturated carbocycles. The molecule has 0 saturated heterocycles. The maximum absolute atomic E-state index is 12.3. The summed E-state index contributed by atoms with van der Waals surface area (Å²) < 4.78 is 2.27. The first-order valence-electron chi connectivity index (χ1n) is 9.04. The number of aryl methyl sites for hydroxylation is 2. The molecule has 4 heteroatoms. The number of nitrogens with zero attached hydrogens (tertiary/aromatic N) is 2. The summed E-state index contributed by atoms with van der Waals surface area (Å²) >= 11 is 0. The quantitative estimate of drug-likeness (QED) is 0.714. The lowest BCUT2D eigenvalue weighted by atomic mass is 9.92. The number of carbonyl (C=O) groups excluding carboxylic acids is 1. The molecule has 3 aromatic rings. The van der Waals surface area contributed by atoms with Gasteiger partial charge in [0.15, 0.2) is 0 Å². The summed E-state index contributed by atoms with van der Waals surface area (Å²) in [5.74, 6) is 0.663. The molecule has 0 aliphatic heterocycles. The second-order valence-electron chi connectivity index (χ2n) is 8.20. The third-order valence-corrected chi connectivity index (χ3v) is 4.42. The van der Waals surface area contributed by atoms with Crippen molar-refractivity contribution in [1.29, 1.82) is 0 Å². The Morgan fingerprint density at radius 1 is 1.12 bits per heavy atom. The van der Waals surface area contributed by atoms with Gasteiger partial charge in [0.1, 0.15) is 5.82 Å². The van der Waals surface area contributed by atoms with Crippen LogP contribution in [0.4, 0.5) is 5.82 Å². The van der Waals surface area contributed by atoms with Crippen LogP contribution in [0.1, 0.15) is 44.0 Å². The Hall–Kier alpha value is -2.62. The molecule has 1 aromatic carbocycles. The van der Waals surface area contributed by atoms with Crippen molar-refractivity contribution in [2.45, 2.75) is 47.6 Å². The van der Waals surface area contributed by atoms with Crippen molar-refractivity contribution in [3.05, 3.63) is 59.3 Å². The van der Waals surface area contributed by atoms with Crippen LogP contribution in [0.3, 0.4) is 0 Å². The van der Waals surface area contributed by atoms with Crippen LogP contribution in [0.25, 0.3) is 11.0 Å². The molecule has 0 aliphatic carbocycles. The molecule has 0 unspecified atom stereocenters. The Kier molecular flexibility index (Phi) is 4.86. The van der Waals surface area contributed by atoms with Crippen LogP contribution >= 0.6 is 0 Å². The smallest absolute Gasteiger partial charge is 0.226 e. The normalized spacial score (nSPS) is 11.7. The van der Waals surface area contributed by atoms with E-state index in [9.17, 15) is 4.79 Å². The van der Waals surface area contributed by atoms with E-state index in [1.807, 2.05) is 13.0 Å². The van der Waals surface area contributed by atoms with Crippen molar-refractivity contribution < 1.29 is 4.79 Å². The lowest BCUT2D eigenvalue weighted by Gasteiger charge is -2.17. The molecule has 0 aliphatic rings. The van der Waals surface area contributed by atoms with Gasteiger partial charge >= 0.3 is 0 Å². The first kappa shape index (κ1) is 18.2. The molecule has 0 fully saturated rings.